The van der Waals surface area contributed by atoms with E-state index in [0.717, 1.165) is 22.3 Å². The molecular formula is C36H26N4Si. The van der Waals surface area contributed by atoms with E-state index in [1.807, 2.05) is 24.8 Å². The van der Waals surface area contributed by atoms with Crippen LogP contribution >= 0.6 is 0 Å². The van der Waals surface area contributed by atoms with Crippen LogP contribution in [0.5, 0.6) is 0 Å². The van der Waals surface area contributed by atoms with Gasteiger partial charge in [-0.15, -0.1) is 0 Å². The Balaban J connectivity index is 1.77. The minimum atomic E-state index is -3.02. The van der Waals surface area contributed by atoms with Crippen molar-refractivity contribution >= 4 is 40.0 Å². The zero-order valence-corrected chi connectivity index (χ0v) is 23.3. The highest BCUT2D eigenvalue weighted by Gasteiger charge is 2.53. The molecule has 7 rings (SSSR count). The molecule has 41 heavy (non-hydrogen) atoms. The molecule has 0 bridgehead atoms. The number of hydrogen-bond acceptors (Lipinski definition) is 4. The molecule has 0 N–H and O–H groups in total. The van der Waals surface area contributed by atoms with Crippen LogP contribution in [-0.4, -0.2) is 28.0 Å². The van der Waals surface area contributed by atoms with Gasteiger partial charge in [-0.05, 0) is 43.0 Å². The third-order valence-electron chi connectivity index (χ3n) is 7.74. The SMILES string of the molecule is c1ccc(C2=C(c3cncnc3)[Si](c3ccccc3)(c3ccccc3)C(c3cncnc3)=C2c2ccccc2)cc1. The van der Waals surface area contributed by atoms with Crippen molar-refractivity contribution in [3.05, 3.63) is 181 Å². The Morgan fingerprint density at radius 3 is 1.00 bits per heavy atom. The third-order valence-corrected chi connectivity index (χ3v) is 12.7. The van der Waals surface area contributed by atoms with Crippen LogP contribution in [0, 0.1) is 0 Å². The van der Waals surface area contributed by atoms with Crippen molar-refractivity contribution in [1.82, 2.24) is 19.9 Å². The summed E-state index contributed by atoms with van der Waals surface area (Å²) in [4.78, 5) is 18.2. The maximum absolute atomic E-state index is 4.54. The molecule has 0 unspecified atom stereocenters. The fourth-order valence-corrected chi connectivity index (χ4v) is 11.8. The minimum absolute atomic E-state index is 1.02. The van der Waals surface area contributed by atoms with Gasteiger partial charge in [-0.1, -0.05) is 121 Å². The van der Waals surface area contributed by atoms with Crippen LogP contribution in [0.25, 0.3) is 21.5 Å². The average Bonchev–Trinajstić information content (AvgIpc) is 3.40. The van der Waals surface area contributed by atoms with Gasteiger partial charge in [0.15, 0.2) is 8.07 Å². The molecule has 0 amide bonds. The molecule has 0 spiro atoms. The van der Waals surface area contributed by atoms with E-state index < -0.39 is 8.07 Å². The molecule has 1 aliphatic rings. The molecule has 4 aromatic carbocycles. The van der Waals surface area contributed by atoms with E-state index in [1.165, 1.54) is 31.9 Å². The van der Waals surface area contributed by atoms with Gasteiger partial charge < -0.3 is 0 Å². The lowest BCUT2D eigenvalue weighted by Gasteiger charge is -2.35. The van der Waals surface area contributed by atoms with Crippen LogP contribution in [0.4, 0.5) is 0 Å². The van der Waals surface area contributed by atoms with Gasteiger partial charge in [0, 0.05) is 35.9 Å². The summed E-state index contributed by atoms with van der Waals surface area (Å²) in [6.07, 6.45) is 11.1. The first-order chi connectivity index (χ1) is 20.4. The first-order valence-electron chi connectivity index (χ1n) is 13.6. The zero-order chi connectivity index (χ0) is 27.5. The molecule has 0 aliphatic carbocycles. The molecule has 6 aromatic rings. The summed E-state index contributed by atoms with van der Waals surface area (Å²) in [6.45, 7) is 0. The number of rotatable bonds is 6. The molecule has 5 heteroatoms. The Morgan fingerprint density at radius 1 is 0.341 bits per heavy atom. The summed E-state index contributed by atoms with van der Waals surface area (Å²) in [5, 5.41) is 5.09. The van der Waals surface area contributed by atoms with Gasteiger partial charge in [0.05, 0.1) is 0 Å². The van der Waals surface area contributed by atoms with Crippen LogP contribution in [0.3, 0.4) is 0 Å². The quantitative estimate of drug-likeness (QED) is 0.237. The predicted molar refractivity (Wildman–Crippen MR) is 168 cm³/mol. The predicted octanol–water partition coefficient (Wildman–Crippen LogP) is 6.14. The smallest absolute Gasteiger partial charge is 0.182 e. The van der Waals surface area contributed by atoms with Crippen LogP contribution < -0.4 is 10.4 Å². The molecule has 0 saturated carbocycles. The second kappa shape index (κ2) is 10.7. The van der Waals surface area contributed by atoms with Crippen molar-refractivity contribution < 1.29 is 0 Å². The van der Waals surface area contributed by atoms with Gasteiger partial charge in [-0.2, -0.15) is 0 Å². The standard InChI is InChI=1S/C36H26N4Si/c1-5-13-27(14-6-1)33-34(28-15-7-2-8-16-28)36(30-23-39-26-40-24-30)41(31-17-9-3-10-18-31,32-19-11-4-12-20-32)35(33)29-21-37-25-38-22-29/h1-26H. The molecule has 194 valence electrons. The fourth-order valence-electron chi connectivity index (χ4n) is 6.24. The first kappa shape index (κ1) is 24.8. The molecule has 0 saturated heterocycles. The highest BCUT2D eigenvalue weighted by molar-refractivity contribution is 7.29. The van der Waals surface area contributed by atoms with Crippen molar-refractivity contribution in [2.24, 2.45) is 0 Å². The lowest BCUT2D eigenvalue weighted by molar-refractivity contribution is 1.15. The molecule has 4 nitrogen and oxygen atoms in total. The van der Waals surface area contributed by atoms with Crippen LogP contribution in [-0.2, 0) is 0 Å². The van der Waals surface area contributed by atoms with E-state index in [0.29, 0.717) is 0 Å². The third kappa shape index (κ3) is 4.15. The van der Waals surface area contributed by atoms with E-state index in [4.69, 9.17) is 0 Å². The fraction of sp³-hybridized carbons (Fsp3) is 0. The monoisotopic (exact) mass is 542 g/mol. The molecule has 0 atom stereocenters. The van der Waals surface area contributed by atoms with Gasteiger partial charge in [-0.3, -0.25) is 0 Å². The van der Waals surface area contributed by atoms with Gasteiger partial charge in [0.2, 0.25) is 0 Å². The largest absolute Gasteiger partial charge is 0.244 e. The van der Waals surface area contributed by atoms with Gasteiger partial charge in [0.1, 0.15) is 12.7 Å². The number of nitrogens with zero attached hydrogens (tertiary/aromatic N) is 4. The summed E-state index contributed by atoms with van der Waals surface area (Å²) in [6, 6.07) is 43.3. The maximum atomic E-state index is 4.54. The zero-order valence-electron chi connectivity index (χ0n) is 22.3. The number of hydrogen-bond donors (Lipinski definition) is 0. The topological polar surface area (TPSA) is 51.6 Å². The van der Waals surface area contributed by atoms with Crippen molar-refractivity contribution in [1.29, 1.82) is 0 Å². The van der Waals surface area contributed by atoms with Crippen LogP contribution in [0.15, 0.2) is 159 Å². The van der Waals surface area contributed by atoms with Gasteiger partial charge >= 0.3 is 0 Å². The average molecular weight is 543 g/mol. The Morgan fingerprint density at radius 2 is 0.659 bits per heavy atom. The lowest BCUT2D eigenvalue weighted by Crippen LogP contribution is -2.59. The molecule has 0 fully saturated rings. The summed E-state index contributed by atoms with van der Waals surface area (Å²) in [7, 11) is -3.02. The van der Waals surface area contributed by atoms with Crippen LogP contribution in [0.2, 0.25) is 0 Å². The number of aromatic nitrogens is 4. The van der Waals surface area contributed by atoms with E-state index in [2.05, 4.69) is 141 Å². The van der Waals surface area contributed by atoms with Gasteiger partial charge in [-0.25, -0.2) is 19.9 Å². The summed E-state index contributed by atoms with van der Waals surface area (Å²) >= 11 is 0. The summed E-state index contributed by atoms with van der Waals surface area (Å²) in [5.41, 5.74) is 6.74. The molecular weight excluding hydrogens is 517 g/mol. The Labute approximate surface area is 240 Å². The van der Waals surface area contributed by atoms with E-state index >= 15 is 0 Å². The summed E-state index contributed by atoms with van der Waals surface area (Å²) < 4.78 is 0. The Bertz CT molecular complexity index is 1700. The van der Waals surface area contributed by atoms with E-state index in [-0.39, 0.29) is 0 Å². The molecule has 1 aliphatic heterocycles. The summed E-state index contributed by atoms with van der Waals surface area (Å²) in [5.74, 6) is 0. The van der Waals surface area contributed by atoms with Crippen molar-refractivity contribution in [3.63, 3.8) is 0 Å². The Hall–Kier alpha value is -5.26. The van der Waals surface area contributed by atoms with E-state index in [9.17, 15) is 0 Å². The molecule has 0 radical (unpaired) electrons. The number of allylic oxidation sites excluding steroid dienone is 2. The highest BCUT2D eigenvalue weighted by Crippen LogP contribution is 2.54. The minimum Gasteiger partial charge on any atom is -0.244 e. The van der Waals surface area contributed by atoms with E-state index in [1.54, 1.807) is 12.7 Å². The van der Waals surface area contributed by atoms with Crippen molar-refractivity contribution in [2.45, 2.75) is 0 Å². The maximum Gasteiger partial charge on any atom is 0.182 e. The first-order valence-corrected chi connectivity index (χ1v) is 15.6. The van der Waals surface area contributed by atoms with Crippen molar-refractivity contribution in [3.8, 4) is 0 Å². The highest BCUT2D eigenvalue weighted by atomic mass is 28.3. The molecule has 3 heterocycles. The molecule has 2 aromatic heterocycles. The lowest BCUT2D eigenvalue weighted by atomic mass is 9.90. The van der Waals surface area contributed by atoms with Crippen molar-refractivity contribution in [2.75, 3.05) is 0 Å². The Kier molecular flexibility index (Phi) is 6.47. The number of benzene rings is 4. The van der Waals surface area contributed by atoms with Crippen LogP contribution in [0.1, 0.15) is 22.3 Å². The second-order valence-electron chi connectivity index (χ2n) is 9.97. The normalized spacial score (nSPS) is 14.3. The van der Waals surface area contributed by atoms with Gasteiger partial charge in [0.25, 0.3) is 0 Å². The second-order valence-corrected chi connectivity index (χ2v) is 13.6.